The molecule has 2 aromatic rings. The third-order valence-electron chi connectivity index (χ3n) is 5.30. The first kappa shape index (κ1) is 27.0. The molecule has 3 rings (SSSR count). The normalized spacial score (nSPS) is 18.5. The molecule has 0 radical (unpaired) electrons. The van der Waals surface area contributed by atoms with Crippen molar-refractivity contribution in [2.75, 3.05) is 12.3 Å². The number of aromatic nitrogens is 1. The van der Waals surface area contributed by atoms with Crippen molar-refractivity contribution in [2.24, 2.45) is 16.8 Å². The summed E-state index contributed by atoms with van der Waals surface area (Å²) in [5, 5.41) is 13.1. The summed E-state index contributed by atoms with van der Waals surface area (Å²) < 4.78 is 37.9. The van der Waals surface area contributed by atoms with Crippen LogP contribution in [-0.2, 0) is 24.7 Å². The number of ether oxygens (including phenoxy) is 1. The van der Waals surface area contributed by atoms with Gasteiger partial charge in [0.05, 0.1) is 12.0 Å². The van der Waals surface area contributed by atoms with Gasteiger partial charge in [0.1, 0.15) is 23.9 Å². The van der Waals surface area contributed by atoms with Crippen LogP contribution < -0.4 is 16.2 Å². The minimum atomic E-state index is -4.71. The number of β-lactam (4-membered cyclic amide) rings is 1. The maximum Gasteiger partial charge on any atom is 0.362 e. The Bertz CT molecular complexity index is 1300. The van der Waals surface area contributed by atoms with E-state index >= 15 is 0 Å². The number of thiazole rings is 1. The average molecular weight is 539 g/mol. The van der Waals surface area contributed by atoms with Crippen LogP contribution >= 0.6 is 11.3 Å². The number of hydrogen-bond acceptors (Lipinski definition) is 11. The summed E-state index contributed by atoms with van der Waals surface area (Å²) in [6.07, 6.45) is -0.370. The molecule has 194 valence electrons. The number of amidine groups is 1. The van der Waals surface area contributed by atoms with Crippen molar-refractivity contribution in [2.45, 2.75) is 38.8 Å². The van der Waals surface area contributed by atoms with E-state index in [1.165, 1.54) is 12.3 Å². The Morgan fingerprint density at radius 1 is 1.33 bits per heavy atom. The van der Waals surface area contributed by atoms with E-state index in [4.69, 9.17) is 31.0 Å². The van der Waals surface area contributed by atoms with Gasteiger partial charge in [-0.25, -0.2) is 9.29 Å². The Balaban J connectivity index is 1.72. The highest BCUT2D eigenvalue weighted by molar-refractivity contribution is 7.84. The van der Waals surface area contributed by atoms with Gasteiger partial charge in [0.25, 0.3) is 0 Å². The Hall–Kier alpha value is -3.56. The molecule has 6 N–H and O–H groups in total. The number of amides is 1. The number of rotatable bonds is 11. The summed E-state index contributed by atoms with van der Waals surface area (Å²) >= 11 is 1.08. The Kier molecular flexibility index (Phi) is 7.66. The highest BCUT2D eigenvalue weighted by atomic mass is 32.2. The van der Waals surface area contributed by atoms with Gasteiger partial charge < -0.3 is 21.0 Å². The lowest BCUT2D eigenvalue weighted by Crippen LogP contribution is -2.62. The second kappa shape index (κ2) is 10.2. The number of carbonyl (C=O) groups is 2. The van der Waals surface area contributed by atoms with E-state index < -0.39 is 39.6 Å². The fourth-order valence-corrected chi connectivity index (χ4v) is 4.83. The molecule has 1 saturated heterocycles. The molecule has 1 aromatic carbocycles. The number of nitrogens with two attached hydrogens (primary N) is 2. The molecule has 0 spiro atoms. The lowest BCUT2D eigenvalue weighted by Gasteiger charge is -2.41. The SMILES string of the molecule is C[C@H]1[C@H](CC(=O)/C(=N\OC(C)(C)COc2ccc(C(=N)N)cc2)c2csc(N)n2)C(=O)N1S(=O)(=O)O. The number of oxime groups is 1. The van der Waals surface area contributed by atoms with Crippen molar-refractivity contribution in [3.63, 3.8) is 0 Å². The van der Waals surface area contributed by atoms with E-state index in [9.17, 15) is 18.0 Å². The zero-order chi connectivity index (χ0) is 26.8. The molecule has 15 heteroatoms. The van der Waals surface area contributed by atoms with Gasteiger partial charge >= 0.3 is 10.3 Å². The highest BCUT2D eigenvalue weighted by Crippen LogP contribution is 2.32. The fraction of sp³-hybridized carbons (Fsp3) is 0.381. The van der Waals surface area contributed by atoms with E-state index in [1.54, 1.807) is 38.1 Å². The van der Waals surface area contributed by atoms with E-state index in [2.05, 4.69) is 10.1 Å². The standard InChI is InChI=1S/C21H26N6O7S2/c1-11-14(19(29)27(11)36(30,31)32)8-16(28)17(15-9-35-20(24)25-15)26-34-21(2,3)10-33-13-6-4-12(5-7-13)18(22)23/h4-7,9,11,14H,8,10H2,1-3H3,(H3,22,23)(H2,24,25)(H,30,31,32)/b26-17-/t11-,14-/m0/s1. The van der Waals surface area contributed by atoms with Gasteiger partial charge in [0.2, 0.25) is 5.91 Å². The molecule has 1 fully saturated rings. The smallest absolute Gasteiger partial charge is 0.362 e. The summed E-state index contributed by atoms with van der Waals surface area (Å²) in [7, 11) is -4.71. The molecule has 1 aliphatic rings. The molecular formula is C21H26N6O7S2. The van der Waals surface area contributed by atoms with Crippen LogP contribution in [0.4, 0.5) is 5.13 Å². The molecule has 2 heterocycles. The van der Waals surface area contributed by atoms with Gasteiger partial charge in [-0.1, -0.05) is 5.16 Å². The van der Waals surface area contributed by atoms with Crippen LogP contribution in [0, 0.1) is 11.3 Å². The minimum absolute atomic E-state index is 0.0397. The van der Waals surface area contributed by atoms with Crippen LogP contribution in [0.2, 0.25) is 0 Å². The number of benzene rings is 1. The maximum atomic E-state index is 13.1. The molecule has 1 aromatic heterocycles. The van der Waals surface area contributed by atoms with Crippen molar-refractivity contribution in [3.8, 4) is 5.75 Å². The lowest BCUT2D eigenvalue weighted by molar-refractivity contribution is -0.147. The summed E-state index contributed by atoms with van der Waals surface area (Å²) in [6, 6.07) is 5.67. The number of carbonyl (C=O) groups excluding carboxylic acids is 2. The lowest BCUT2D eigenvalue weighted by atomic mass is 9.86. The van der Waals surface area contributed by atoms with Crippen molar-refractivity contribution < 1.29 is 32.1 Å². The molecule has 0 aliphatic carbocycles. The van der Waals surface area contributed by atoms with E-state index in [0.29, 0.717) is 15.6 Å². The molecule has 13 nitrogen and oxygen atoms in total. The molecule has 1 amide bonds. The topological polar surface area (TPSA) is 211 Å². The quantitative estimate of drug-likeness (QED) is 0.105. The average Bonchev–Trinajstić information content (AvgIpc) is 3.21. The Morgan fingerprint density at radius 2 is 1.97 bits per heavy atom. The summed E-state index contributed by atoms with van der Waals surface area (Å²) in [4.78, 5) is 34.9. The van der Waals surface area contributed by atoms with Gasteiger partial charge in [0, 0.05) is 17.4 Å². The highest BCUT2D eigenvalue weighted by Gasteiger charge is 2.51. The van der Waals surface area contributed by atoms with Gasteiger partial charge in [-0.05, 0) is 45.0 Å². The number of hydrogen-bond donors (Lipinski definition) is 4. The number of nitrogens with one attached hydrogen (secondary N) is 1. The molecule has 1 aliphatic heterocycles. The number of Topliss-reactive ketones (excluding diaryl/α,β-unsaturated/α-hetero) is 1. The monoisotopic (exact) mass is 538 g/mol. The van der Waals surface area contributed by atoms with Crippen LogP contribution in [0.25, 0.3) is 0 Å². The number of nitrogens with zero attached hydrogens (tertiary/aromatic N) is 3. The van der Waals surface area contributed by atoms with Crippen LogP contribution in [-0.4, -0.2) is 63.7 Å². The zero-order valence-corrected chi connectivity index (χ0v) is 21.3. The largest absolute Gasteiger partial charge is 0.489 e. The summed E-state index contributed by atoms with van der Waals surface area (Å²) in [5.41, 5.74) is 10.6. The Morgan fingerprint density at radius 3 is 2.47 bits per heavy atom. The van der Waals surface area contributed by atoms with E-state index in [1.807, 2.05) is 0 Å². The van der Waals surface area contributed by atoms with Gasteiger partial charge in [-0.15, -0.1) is 11.3 Å². The molecule has 0 bridgehead atoms. The first-order valence-corrected chi connectivity index (χ1v) is 12.9. The first-order valence-electron chi connectivity index (χ1n) is 10.6. The number of nitrogen functional groups attached to an aromatic ring is 2. The first-order chi connectivity index (χ1) is 16.7. The van der Waals surface area contributed by atoms with Crippen molar-refractivity contribution in [1.29, 1.82) is 5.41 Å². The predicted molar refractivity (Wildman–Crippen MR) is 132 cm³/mol. The molecule has 36 heavy (non-hydrogen) atoms. The van der Waals surface area contributed by atoms with Crippen LogP contribution in [0.5, 0.6) is 5.75 Å². The van der Waals surface area contributed by atoms with E-state index in [0.717, 1.165) is 11.3 Å². The van der Waals surface area contributed by atoms with Crippen molar-refractivity contribution >= 4 is 50.0 Å². The zero-order valence-electron chi connectivity index (χ0n) is 19.7. The second-order valence-corrected chi connectivity index (χ2v) is 10.9. The predicted octanol–water partition coefficient (Wildman–Crippen LogP) is 1.20. The number of anilines is 1. The van der Waals surface area contributed by atoms with Crippen molar-refractivity contribution in [1.82, 2.24) is 9.29 Å². The minimum Gasteiger partial charge on any atom is -0.489 e. The molecule has 2 atom stereocenters. The van der Waals surface area contributed by atoms with Crippen LogP contribution in [0.1, 0.15) is 38.4 Å². The van der Waals surface area contributed by atoms with Gasteiger partial charge in [-0.2, -0.15) is 8.42 Å². The number of ketones is 1. The molecular weight excluding hydrogens is 512 g/mol. The summed E-state index contributed by atoms with van der Waals surface area (Å²) in [6.45, 7) is 4.81. The van der Waals surface area contributed by atoms with E-state index in [-0.39, 0.29) is 35.4 Å². The fourth-order valence-electron chi connectivity index (χ4n) is 3.35. The molecule has 0 unspecified atom stereocenters. The Labute approximate surface area is 211 Å². The van der Waals surface area contributed by atoms with Crippen LogP contribution in [0.15, 0.2) is 34.8 Å². The second-order valence-electron chi connectivity index (χ2n) is 8.67. The van der Waals surface area contributed by atoms with Gasteiger partial charge in [-0.3, -0.25) is 19.6 Å². The van der Waals surface area contributed by atoms with Crippen LogP contribution in [0.3, 0.4) is 0 Å². The summed E-state index contributed by atoms with van der Waals surface area (Å²) in [5.74, 6) is -2.03. The third-order valence-corrected chi connectivity index (χ3v) is 6.99. The molecule has 0 saturated carbocycles. The third kappa shape index (κ3) is 6.16. The van der Waals surface area contributed by atoms with Gasteiger partial charge in [0.15, 0.2) is 22.2 Å². The van der Waals surface area contributed by atoms with Crippen molar-refractivity contribution in [3.05, 3.63) is 40.9 Å². The maximum absolute atomic E-state index is 13.1.